The summed E-state index contributed by atoms with van der Waals surface area (Å²) in [6, 6.07) is 0.228. The fraction of sp³-hybridized carbons (Fsp3) is 0.889. The molecule has 0 aliphatic carbocycles. The molecule has 0 unspecified atom stereocenters. The Balaban J connectivity index is 2.41. The Hall–Kier alpha value is -0.770. The minimum Gasteiger partial charge on any atom is -0.453 e. The molecule has 4 nitrogen and oxygen atoms in total. The number of likely N-dealkylation sites (N-methyl/N-ethyl adjacent to an activating group) is 1. The molecule has 1 rings (SSSR count). The fourth-order valence-corrected chi connectivity index (χ4v) is 1.63. The molecule has 1 amide bonds. The third kappa shape index (κ3) is 2.88. The second kappa shape index (κ2) is 4.46. The fourth-order valence-electron chi connectivity index (χ4n) is 1.63. The van der Waals surface area contributed by atoms with E-state index in [1.165, 1.54) is 7.11 Å². The molecule has 0 aromatic heterocycles. The molecule has 1 fully saturated rings. The minimum atomic E-state index is -0.327. The lowest BCUT2D eigenvalue weighted by molar-refractivity contribution is 0.138. The number of likely N-dealkylation sites (tertiary alicyclic amines) is 1. The molecule has 1 N–H and O–H groups in total. The Morgan fingerprint density at radius 3 is 2.92 bits per heavy atom. The summed E-state index contributed by atoms with van der Waals surface area (Å²) >= 11 is 0. The predicted molar refractivity (Wildman–Crippen MR) is 50.6 cm³/mol. The lowest BCUT2D eigenvalue weighted by Crippen LogP contribution is -2.50. The third-order valence-corrected chi connectivity index (χ3v) is 2.65. The van der Waals surface area contributed by atoms with Gasteiger partial charge in [-0.25, -0.2) is 4.79 Å². The van der Waals surface area contributed by atoms with Crippen molar-refractivity contribution in [2.75, 3.05) is 27.2 Å². The Morgan fingerprint density at radius 1 is 1.62 bits per heavy atom. The highest BCUT2D eigenvalue weighted by Gasteiger charge is 2.25. The number of nitrogens with one attached hydrogen (secondary N) is 1. The number of methoxy groups -OCH3 is 1. The van der Waals surface area contributed by atoms with Gasteiger partial charge < -0.3 is 15.0 Å². The van der Waals surface area contributed by atoms with E-state index in [0.29, 0.717) is 5.92 Å². The Morgan fingerprint density at radius 2 is 2.31 bits per heavy atom. The van der Waals surface area contributed by atoms with E-state index in [1.54, 1.807) is 0 Å². The van der Waals surface area contributed by atoms with Crippen LogP contribution in [-0.4, -0.2) is 44.3 Å². The van der Waals surface area contributed by atoms with Crippen LogP contribution < -0.4 is 5.32 Å². The van der Waals surface area contributed by atoms with Gasteiger partial charge in [0.15, 0.2) is 0 Å². The van der Waals surface area contributed by atoms with Crippen LogP contribution in [0.5, 0.6) is 0 Å². The first-order valence-corrected chi connectivity index (χ1v) is 4.66. The molecule has 76 valence electrons. The van der Waals surface area contributed by atoms with E-state index in [1.807, 2.05) is 0 Å². The van der Waals surface area contributed by atoms with Crippen LogP contribution in [0.1, 0.15) is 13.3 Å². The first-order valence-electron chi connectivity index (χ1n) is 4.66. The summed E-state index contributed by atoms with van der Waals surface area (Å²) in [5.74, 6) is 0.537. The summed E-state index contributed by atoms with van der Waals surface area (Å²) in [5.41, 5.74) is 0. The lowest BCUT2D eigenvalue weighted by atomic mass is 9.94. The summed E-state index contributed by atoms with van der Waals surface area (Å²) in [5, 5.41) is 2.85. The van der Waals surface area contributed by atoms with E-state index in [0.717, 1.165) is 19.5 Å². The largest absolute Gasteiger partial charge is 0.453 e. The van der Waals surface area contributed by atoms with Crippen LogP contribution in [0, 0.1) is 5.92 Å². The number of hydrogen-bond acceptors (Lipinski definition) is 3. The Bertz CT molecular complexity index is 184. The van der Waals surface area contributed by atoms with Gasteiger partial charge in [0, 0.05) is 12.6 Å². The second-order valence-corrected chi connectivity index (χ2v) is 3.77. The summed E-state index contributed by atoms with van der Waals surface area (Å²) < 4.78 is 4.57. The van der Waals surface area contributed by atoms with Gasteiger partial charge in [0.05, 0.1) is 7.11 Å². The van der Waals surface area contributed by atoms with Gasteiger partial charge in [-0.2, -0.15) is 0 Å². The molecule has 4 heteroatoms. The molecule has 13 heavy (non-hydrogen) atoms. The zero-order valence-corrected chi connectivity index (χ0v) is 8.54. The Labute approximate surface area is 79.2 Å². The number of ether oxygens (including phenoxy) is 1. The van der Waals surface area contributed by atoms with Gasteiger partial charge in [-0.1, -0.05) is 6.92 Å². The number of rotatable bonds is 1. The lowest BCUT2D eigenvalue weighted by Gasteiger charge is -2.34. The van der Waals surface area contributed by atoms with E-state index < -0.39 is 0 Å². The molecule has 1 saturated heterocycles. The number of nitrogens with zero attached hydrogens (tertiary/aromatic N) is 1. The van der Waals surface area contributed by atoms with Crippen molar-refractivity contribution < 1.29 is 9.53 Å². The third-order valence-electron chi connectivity index (χ3n) is 2.65. The maximum Gasteiger partial charge on any atom is 0.407 e. The zero-order valence-electron chi connectivity index (χ0n) is 8.54. The Kier molecular flexibility index (Phi) is 3.54. The first kappa shape index (κ1) is 10.3. The van der Waals surface area contributed by atoms with Gasteiger partial charge in [0.1, 0.15) is 0 Å². The van der Waals surface area contributed by atoms with Crippen molar-refractivity contribution in [1.29, 1.82) is 0 Å². The van der Waals surface area contributed by atoms with Crippen molar-refractivity contribution in [2.24, 2.45) is 5.92 Å². The molecule has 1 aliphatic heterocycles. The van der Waals surface area contributed by atoms with E-state index in [-0.39, 0.29) is 12.1 Å². The molecule has 0 radical (unpaired) electrons. The molecule has 0 bridgehead atoms. The molecule has 0 spiro atoms. The van der Waals surface area contributed by atoms with Crippen molar-refractivity contribution in [1.82, 2.24) is 10.2 Å². The highest BCUT2D eigenvalue weighted by Crippen LogP contribution is 2.15. The van der Waals surface area contributed by atoms with Crippen molar-refractivity contribution in [2.45, 2.75) is 19.4 Å². The number of carbonyl (C=O) groups is 1. The standard InChI is InChI=1S/C9H18N2O2/c1-7-4-5-11(2)6-8(7)10-9(12)13-3/h7-8H,4-6H2,1-3H3,(H,10,12)/t7-,8+/m1/s1. The van der Waals surface area contributed by atoms with Gasteiger partial charge in [0.2, 0.25) is 0 Å². The zero-order chi connectivity index (χ0) is 9.84. The number of hydrogen-bond donors (Lipinski definition) is 1. The van der Waals surface area contributed by atoms with Crippen LogP contribution in [0.2, 0.25) is 0 Å². The average molecular weight is 186 g/mol. The molecule has 1 heterocycles. The summed E-state index contributed by atoms with van der Waals surface area (Å²) in [4.78, 5) is 13.2. The van der Waals surface area contributed by atoms with Crippen LogP contribution in [0.3, 0.4) is 0 Å². The summed E-state index contributed by atoms with van der Waals surface area (Å²) in [6.07, 6.45) is 0.803. The van der Waals surface area contributed by atoms with Crippen LogP contribution in [0.15, 0.2) is 0 Å². The highest BCUT2D eigenvalue weighted by atomic mass is 16.5. The maximum atomic E-state index is 11.0. The van der Waals surface area contributed by atoms with Crippen molar-refractivity contribution in [3.05, 3.63) is 0 Å². The van der Waals surface area contributed by atoms with Gasteiger partial charge in [-0.3, -0.25) is 0 Å². The molecular weight excluding hydrogens is 168 g/mol. The molecule has 0 aromatic rings. The van der Waals surface area contributed by atoms with Crippen LogP contribution in [0.4, 0.5) is 4.79 Å². The van der Waals surface area contributed by atoms with Gasteiger partial charge in [-0.15, -0.1) is 0 Å². The van der Waals surface area contributed by atoms with Crippen LogP contribution in [0.25, 0.3) is 0 Å². The van der Waals surface area contributed by atoms with E-state index >= 15 is 0 Å². The topological polar surface area (TPSA) is 41.6 Å². The summed E-state index contributed by atoms with van der Waals surface area (Å²) in [6.45, 7) is 4.18. The quantitative estimate of drug-likeness (QED) is 0.655. The summed E-state index contributed by atoms with van der Waals surface area (Å²) in [7, 11) is 3.46. The second-order valence-electron chi connectivity index (χ2n) is 3.77. The molecule has 1 aliphatic rings. The maximum absolute atomic E-state index is 11.0. The minimum absolute atomic E-state index is 0.228. The molecule has 2 atom stereocenters. The molecular formula is C9H18N2O2. The van der Waals surface area contributed by atoms with E-state index in [4.69, 9.17) is 0 Å². The molecule has 0 aromatic carbocycles. The van der Waals surface area contributed by atoms with Gasteiger partial charge in [0.25, 0.3) is 0 Å². The average Bonchev–Trinajstić information content (AvgIpc) is 2.11. The number of alkyl carbamates (subject to hydrolysis) is 1. The SMILES string of the molecule is COC(=O)N[C@H]1CN(C)CC[C@H]1C. The monoisotopic (exact) mass is 186 g/mol. The predicted octanol–water partition coefficient (Wildman–Crippen LogP) is 0.683. The van der Waals surface area contributed by atoms with Crippen molar-refractivity contribution in [3.63, 3.8) is 0 Å². The molecule has 0 saturated carbocycles. The van der Waals surface area contributed by atoms with E-state index in [2.05, 4.69) is 28.9 Å². The number of piperidine rings is 1. The normalized spacial score (nSPS) is 29.8. The van der Waals surface area contributed by atoms with E-state index in [9.17, 15) is 4.79 Å². The highest BCUT2D eigenvalue weighted by molar-refractivity contribution is 5.67. The van der Waals surface area contributed by atoms with Crippen LogP contribution in [-0.2, 0) is 4.74 Å². The first-order chi connectivity index (χ1) is 6.13. The smallest absolute Gasteiger partial charge is 0.407 e. The number of carbonyl (C=O) groups excluding carboxylic acids is 1. The van der Waals surface area contributed by atoms with Crippen LogP contribution >= 0.6 is 0 Å². The number of amides is 1. The van der Waals surface area contributed by atoms with Crippen molar-refractivity contribution >= 4 is 6.09 Å². The van der Waals surface area contributed by atoms with Crippen molar-refractivity contribution in [3.8, 4) is 0 Å². The van der Waals surface area contributed by atoms with Gasteiger partial charge >= 0.3 is 6.09 Å². The van der Waals surface area contributed by atoms with Gasteiger partial charge in [-0.05, 0) is 25.9 Å².